The van der Waals surface area contributed by atoms with Gasteiger partial charge in [-0.2, -0.15) is 10.4 Å². The lowest BCUT2D eigenvalue weighted by molar-refractivity contribution is 0.0463. The topological polar surface area (TPSA) is 125 Å². The minimum atomic E-state index is -3.27. The quantitative estimate of drug-likeness (QED) is 0.379. The molecule has 2 aromatic heterocycles. The van der Waals surface area contributed by atoms with Gasteiger partial charge in [0.15, 0.2) is 11.3 Å². The zero-order chi connectivity index (χ0) is 28.8. The van der Waals surface area contributed by atoms with E-state index >= 15 is 0 Å². The number of aliphatic hydroxyl groups is 1. The molecule has 2 aliphatic rings. The van der Waals surface area contributed by atoms with Crippen LogP contribution in [0.5, 0.6) is 0 Å². The molecular weight excluding hydrogens is 607 g/mol. The third-order valence-electron chi connectivity index (χ3n) is 8.11. The third kappa shape index (κ3) is 6.56. The molecule has 1 aromatic carbocycles. The fraction of sp³-hybridized carbons (Fsp3) is 0.500. The number of aliphatic hydroxyl groups excluding tert-OH is 1. The molecule has 0 bridgehead atoms. The van der Waals surface area contributed by atoms with Crippen LogP contribution in [0.2, 0.25) is 10.0 Å². The number of aromatic nitrogens is 4. The number of benzene rings is 1. The van der Waals surface area contributed by atoms with E-state index in [9.17, 15) is 18.8 Å². The molecular formula is C28H33Cl3N6O3S. The van der Waals surface area contributed by atoms with E-state index in [1.54, 1.807) is 23.0 Å². The summed E-state index contributed by atoms with van der Waals surface area (Å²) in [6, 6.07) is 7.14. The number of fused-ring (bicyclic) bond motifs is 1. The van der Waals surface area contributed by atoms with Gasteiger partial charge in [0.05, 0.1) is 29.8 Å². The van der Waals surface area contributed by atoms with E-state index < -0.39 is 15.9 Å². The Balaban J connectivity index is 0.00000387. The Bertz CT molecular complexity index is 1620. The van der Waals surface area contributed by atoms with E-state index in [1.807, 2.05) is 13.0 Å². The molecule has 0 radical (unpaired) electrons. The van der Waals surface area contributed by atoms with Gasteiger partial charge in [0.25, 0.3) is 0 Å². The summed E-state index contributed by atoms with van der Waals surface area (Å²) >= 11 is 12.6. The largest absolute Gasteiger partial charge is 0.390 e. The third-order valence-corrected chi connectivity index (χ3v) is 9.62. The number of nitriles is 1. The monoisotopic (exact) mass is 638 g/mol. The van der Waals surface area contributed by atoms with Crippen LogP contribution in [0.25, 0.3) is 16.7 Å². The summed E-state index contributed by atoms with van der Waals surface area (Å²) in [7, 11) is -3.27. The van der Waals surface area contributed by atoms with Gasteiger partial charge in [-0.1, -0.05) is 42.3 Å². The summed E-state index contributed by atoms with van der Waals surface area (Å²) in [5.41, 5.74) is 3.74. The molecule has 3 aromatic rings. The van der Waals surface area contributed by atoms with Crippen molar-refractivity contribution in [2.45, 2.75) is 63.8 Å². The second-order valence-electron chi connectivity index (χ2n) is 11.0. The maximum atomic E-state index is 11.8. The Morgan fingerprint density at radius 1 is 1.29 bits per heavy atom. The van der Waals surface area contributed by atoms with Crippen molar-refractivity contribution in [1.29, 1.82) is 5.26 Å². The normalized spacial score (nSPS) is 23.0. The highest BCUT2D eigenvalue weighted by Gasteiger charge is 2.39. The molecule has 5 rings (SSSR count). The molecule has 2 unspecified atom stereocenters. The second-order valence-corrected chi connectivity index (χ2v) is 14.0. The molecule has 9 nitrogen and oxygen atoms in total. The van der Waals surface area contributed by atoms with Crippen molar-refractivity contribution in [2.75, 3.05) is 18.6 Å². The first-order chi connectivity index (χ1) is 19.0. The molecule has 0 spiro atoms. The van der Waals surface area contributed by atoms with E-state index in [0.29, 0.717) is 21.2 Å². The maximum Gasteiger partial charge on any atom is 0.190 e. The van der Waals surface area contributed by atoms with Gasteiger partial charge in [-0.3, -0.25) is 4.90 Å². The average molecular weight is 640 g/mol. The summed E-state index contributed by atoms with van der Waals surface area (Å²) < 4.78 is 25.3. The first-order valence-electron chi connectivity index (χ1n) is 13.4. The molecule has 0 saturated carbocycles. The molecule has 1 aliphatic heterocycles. The molecule has 0 amide bonds. The molecule has 220 valence electrons. The molecule has 5 atom stereocenters. The summed E-state index contributed by atoms with van der Waals surface area (Å²) in [6.07, 6.45) is 7.39. The SMILES string of the molecule is C[C@@H]1CC(c2cnc3c(C#N)nn([C@H](C)c4ccc(Cl)cc4Cl)c3n2)=CCC1N1CCC[C@H]1C(O)CS(C)(=O)=O.Cl. The highest BCUT2D eigenvalue weighted by molar-refractivity contribution is 7.90. The van der Waals surface area contributed by atoms with Gasteiger partial charge >= 0.3 is 0 Å². The fourth-order valence-corrected chi connectivity index (χ4v) is 7.58. The number of hydrogen-bond donors (Lipinski definition) is 1. The van der Waals surface area contributed by atoms with Crippen molar-refractivity contribution in [1.82, 2.24) is 24.6 Å². The Morgan fingerprint density at radius 3 is 2.71 bits per heavy atom. The summed E-state index contributed by atoms with van der Waals surface area (Å²) in [5.74, 6) is 0.0409. The van der Waals surface area contributed by atoms with Crippen LogP contribution < -0.4 is 0 Å². The number of halogens is 3. The predicted molar refractivity (Wildman–Crippen MR) is 163 cm³/mol. The minimum Gasteiger partial charge on any atom is -0.390 e. The number of nitrogens with zero attached hydrogens (tertiary/aromatic N) is 6. The van der Waals surface area contributed by atoms with Crippen LogP contribution in [-0.2, 0) is 9.84 Å². The van der Waals surface area contributed by atoms with Crippen molar-refractivity contribution >= 4 is 62.2 Å². The number of sulfone groups is 1. The van der Waals surface area contributed by atoms with Crippen molar-refractivity contribution in [2.24, 2.45) is 5.92 Å². The lowest BCUT2D eigenvalue weighted by Gasteiger charge is -2.40. The van der Waals surface area contributed by atoms with Crippen molar-refractivity contribution < 1.29 is 13.5 Å². The minimum absolute atomic E-state index is 0. The molecule has 13 heteroatoms. The van der Waals surface area contributed by atoms with Crippen LogP contribution in [-0.4, -0.2) is 74.9 Å². The van der Waals surface area contributed by atoms with E-state index in [0.717, 1.165) is 49.1 Å². The highest BCUT2D eigenvalue weighted by atomic mass is 35.5. The number of allylic oxidation sites excluding steroid dienone is 1. The zero-order valence-electron chi connectivity index (χ0n) is 23.0. The van der Waals surface area contributed by atoms with Crippen LogP contribution in [0.1, 0.15) is 62.5 Å². The Morgan fingerprint density at radius 2 is 2.05 bits per heavy atom. The standard InChI is InChI=1S/C28H32Cl2N6O3S.ClH/c1-16-11-18(6-9-24(16)35-10-4-5-25(35)26(37)15-40(3,38)39)23-14-32-27-22(13-31)34-36(28(27)33-23)17(2)20-8-7-19(29)12-21(20)30;/h6-8,12,14,16-17,24-26,37H,4-5,9-11,15H2,1-3H3;1H/t16-,17-,24?,25+,26?;/m1./s1. The van der Waals surface area contributed by atoms with Crippen LogP contribution >= 0.6 is 35.6 Å². The summed E-state index contributed by atoms with van der Waals surface area (Å²) in [6.45, 7) is 4.97. The van der Waals surface area contributed by atoms with Gasteiger partial charge in [0.2, 0.25) is 0 Å². The lowest BCUT2D eigenvalue weighted by atomic mass is 9.83. The van der Waals surface area contributed by atoms with Gasteiger partial charge < -0.3 is 5.11 Å². The first-order valence-corrected chi connectivity index (χ1v) is 16.2. The second kappa shape index (κ2) is 12.5. The Kier molecular flexibility index (Phi) is 9.69. The van der Waals surface area contributed by atoms with Crippen LogP contribution in [0.15, 0.2) is 30.5 Å². The highest BCUT2D eigenvalue weighted by Crippen LogP contribution is 2.37. The van der Waals surface area contributed by atoms with E-state index in [1.165, 1.54) is 6.26 Å². The summed E-state index contributed by atoms with van der Waals surface area (Å²) in [4.78, 5) is 11.8. The lowest BCUT2D eigenvalue weighted by Crippen LogP contribution is -2.50. The average Bonchev–Trinajstić information content (AvgIpc) is 3.52. The van der Waals surface area contributed by atoms with Gasteiger partial charge in [0, 0.05) is 28.4 Å². The smallest absolute Gasteiger partial charge is 0.190 e. The van der Waals surface area contributed by atoms with E-state index in [2.05, 4.69) is 34.1 Å². The number of likely N-dealkylation sites (tertiary alicyclic amines) is 1. The zero-order valence-corrected chi connectivity index (χ0v) is 26.2. The van der Waals surface area contributed by atoms with Gasteiger partial charge in [-0.05, 0) is 68.3 Å². The van der Waals surface area contributed by atoms with Crippen LogP contribution in [0.3, 0.4) is 0 Å². The maximum absolute atomic E-state index is 11.8. The Hall–Kier alpha value is -2.26. The van der Waals surface area contributed by atoms with Crippen molar-refractivity contribution in [3.05, 3.63) is 57.5 Å². The Labute approximate surface area is 256 Å². The summed E-state index contributed by atoms with van der Waals surface area (Å²) in [5, 5.41) is 26.0. The van der Waals surface area contributed by atoms with Gasteiger partial charge in [0.1, 0.15) is 21.4 Å². The fourth-order valence-electron chi connectivity index (χ4n) is 6.17. The molecule has 41 heavy (non-hydrogen) atoms. The van der Waals surface area contributed by atoms with E-state index in [4.69, 9.17) is 28.2 Å². The molecule has 1 saturated heterocycles. The van der Waals surface area contributed by atoms with Crippen molar-refractivity contribution in [3.8, 4) is 6.07 Å². The van der Waals surface area contributed by atoms with Crippen LogP contribution in [0.4, 0.5) is 0 Å². The molecule has 3 heterocycles. The predicted octanol–water partition coefficient (Wildman–Crippen LogP) is 5.09. The molecule has 1 aliphatic carbocycles. The number of rotatable bonds is 7. The van der Waals surface area contributed by atoms with Crippen LogP contribution in [0, 0.1) is 17.2 Å². The first kappa shape index (κ1) is 31.7. The van der Waals surface area contributed by atoms with Gasteiger partial charge in [-0.15, -0.1) is 12.4 Å². The van der Waals surface area contributed by atoms with Gasteiger partial charge in [-0.25, -0.2) is 23.1 Å². The van der Waals surface area contributed by atoms with E-state index in [-0.39, 0.29) is 47.9 Å². The number of hydrogen-bond acceptors (Lipinski definition) is 8. The molecule has 1 N–H and O–H groups in total. The molecule has 1 fully saturated rings. The van der Waals surface area contributed by atoms with Crippen molar-refractivity contribution in [3.63, 3.8) is 0 Å².